The Morgan fingerprint density at radius 1 is 0.683 bits per heavy atom. The summed E-state index contributed by atoms with van der Waals surface area (Å²) in [6, 6.07) is -1.78. The van der Waals surface area contributed by atoms with E-state index in [0.717, 1.165) is 0 Å². The summed E-state index contributed by atoms with van der Waals surface area (Å²) in [5.74, 6) is -1.15. The van der Waals surface area contributed by atoms with Crippen LogP contribution in [0.2, 0.25) is 0 Å². The van der Waals surface area contributed by atoms with Crippen LogP contribution in [0.15, 0.2) is 9.98 Å². The van der Waals surface area contributed by atoms with E-state index >= 15 is 0 Å². The monoisotopic (exact) mass is 586 g/mol. The van der Waals surface area contributed by atoms with Gasteiger partial charge in [-0.25, -0.2) is 38.8 Å². The number of quaternary nitrogens is 1. The lowest BCUT2D eigenvalue weighted by molar-refractivity contribution is -0.890. The molecule has 0 aromatic rings. The van der Waals surface area contributed by atoms with Crippen molar-refractivity contribution >= 4 is 36.3 Å². The molecular weight excluding hydrogens is 542 g/mol. The first-order valence-corrected chi connectivity index (χ1v) is 13.7. The van der Waals surface area contributed by atoms with Crippen LogP contribution >= 0.6 is 0 Å². The summed E-state index contributed by atoms with van der Waals surface area (Å²) < 4.78 is 20.8. The molecule has 0 radical (unpaired) electrons. The smallest absolute Gasteiger partial charge is 0.408 e. The zero-order valence-corrected chi connectivity index (χ0v) is 24.5. The molecule has 15 nitrogen and oxygen atoms in total. The highest BCUT2D eigenvalue weighted by molar-refractivity contribution is 5.81. The Morgan fingerprint density at radius 3 is 1.41 bits per heavy atom. The van der Waals surface area contributed by atoms with Crippen molar-refractivity contribution in [1.82, 2.24) is 10.6 Å². The largest absolute Gasteiger partial charge is 0.464 e. The van der Waals surface area contributed by atoms with Gasteiger partial charge < -0.3 is 34.1 Å². The van der Waals surface area contributed by atoms with Crippen molar-refractivity contribution in [2.24, 2.45) is 9.98 Å². The number of nitrogens with zero attached hydrogens (tertiary/aromatic N) is 3. The maximum atomic E-state index is 12.3. The molecule has 232 valence electrons. The number of rotatable bonds is 22. The first-order valence-electron chi connectivity index (χ1n) is 13.7. The second-order valence-electron chi connectivity index (χ2n) is 9.49. The standard InChI is InChI=1S/C26H43N5O10/c1-5-38-23(34)21(11-7-9-13-27-19-32)29-25(36)40-17-15-31(3,4)16-18-41-26(37)30-22(24(35)39-6-2)12-8-10-14-28-20-33/h21-22H,5-18H2,1-4H3,(H-,29,30,36,37)/p+1. The van der Waals surface area contributed by atoms with Crippen molar-refractivity contribution in [2.75, 3.05) is 66.7 Å². The Kier molecular flexibility index (Phi) is 20.8. The van der Waals surface area contributed by atoms with Crippen LogP contribution in [0.25, 0.3) is 0 Å². The van der Waals surface area contributed by atoms with Crippen molar-refractivity contribution in [3.63, 3.8) is 0 Å². The molecule has 0 spiro atoms. The van der Waals surface area contributed by atoms with Gasteiger partial charge in [0.2, 0.25) is 12.2 Å². The normalized spacial score (nSPS) is 12.0. The third kappa shape index (κ3) is 19.8. The number of carbonyl (C=O) groups excluding carboxylic acids is 6. The number of esters is 2. The number of aliphatic imine (C=N–C) groups is 2. The number of likely N-dealkylation sites (N-methyl/N-ethyl adjacent to an activating group) is 1. The molecule has 2 N–H and O–H groups in total. The molecule has 0 fully saturated rings. The van der Waals surface area contributed by atoms with Gasteiger partial charge in [0.25, 0.3) is 0 Å². The molecule has 0 saturated heterocycles. The lowest BCUT2D eigenvalue weighted by Crippen LogP contribution is -2.47. The van der Waals surface area contributed by atoms with Gasteiger partial charge in [-0.15, -0.1) is 0 Å². The maximum Gasteiger partial charge on any atom is 0.408 e. The van der Waals surface area contributed by atoms with E-state index < -0.39 is 36.2 Å². The molecule has 2 unspecified atom stereocenters. The quantitative estimate of drug-likeness (QED) is 0.0468. The Hall–Kier alpha value is -3.80. The van der Waals surface area contributed by atoms with E-state index in [1.54, 1.807) is 13.8 Å². The first-order chi connectivity index (χ1) is 19.6. The number of amides is 2. The summed E-state index contributed by atoms with van der Waals surface area (Å²) in [5, 5.41) is 5.02. The van der Waals surface area contributed by atoms with E-state index in [0.29, 0.717) is 56.1 Å². The minimum Gasteiger partial charge on any atom is -0.464 e. The second-order valence-corrected chi connectivity index (χ2v) is 9.49. The van der Waals surface area contributed by atoms with Crippen molar-refractivity contribution < 1.29 is 52.2 Å². The van der Waals surface area contributed by atoms with Gasteiger partial charge in [-0.05, 0) is 52.4 Å². The number of alkyl carbamates (subject to hydrolysis) is 2. The Bertz CT molecular complexity index is 831. The molecule has 15 heteroatoms. The van der Waals surface area contributed by atoms with Crippen LogP contribution in [0.3, 0.4) is 0 Å². The van der Waals surface area contributed by atoms with Crippen LogP contribution in [0.1, 0.15) is 52.4 Å². The molecule has 0 bridgehead atoms. The van der Waals surface area contributed by atoms with Crippen LogP contribution in [0.4, 0.5) is 9.59 Å². The Balaban J connectivity index is 4.56. The number of isocyanates is 2. The average molecular weight is 587 g/mol. The molecule has 0 saturated carbocycles. The molecule has 0 aliphatic heterocycles. The van der Waals surface area contributed by atoms with Crippen molar-refractivity contribution in [3.05, 3.63) is 0 Å². The highest BCUT2D eigenvalue weighted by atomic mass is 16.6. The summed E-state index contributed by atoms with van der Waals surface area (Å²) in [6.45, 7) is 5.06. The lowest BCUT2D eigenvalue weighted by atomic mass is 10.1. The van der Waals surface area contributed by atoms with E-state index in [4.69, 9.17) is 18.9 Å². The Morgan fingerprint density at radius 2 is 1.07 bits per heavy atom. The Labute approximate surface area is 240 Å². The molecule has 41 heavy (non-hydrogen) atoms. The molecule has 0 heterocycles. The summed E-state index contributed by atoms with van der Waals surface area (Å²) in [6.07, 6.45) is 4.12. The zero-order valence-electron chi connectivity index (χ0n) is 24.5. The van der Waals surface area contributed by atoms with E-state index in [2.05, 4.69) is 20.6 Å². The van der Waals surface area contributed by atoms with E-state index in [9.17, 15) is 28.8 Å². The van der Waals surface area contributed by atoms with Gasteiger partial charge in [0.1, 0.15) is 38.4 Å². The van der Waals surface area contributed by atoms with Crippen LogP contribution in [-0.4, -0.2) is 120 Å². The number of ether oxygens (including phenoxy) is 4. The third-order valence-corrected chi connectivity index (χ3v) is 5.74. The molecule has 2 amide bonds. The molecule has 0 aliphatic rings. The van der Waals surface area contributed by atoms with Crippen molar-refractivity contribution in [1.29, 1.82) is 0 Å². The fourth-order valence-corrected chi connectivity index (χ4v) is 3.40. The van der Waals surface area contributed by atoms with Gasteiger partial charge in [0.15, 0.2) is 0 Å². The van der Waals surface area contributed by atoms with Crippen molar-refractivity contribution in [3.8, 4) is 0 Å². The molecule has 0 aliphatic carbocycles. The minimum atomic E-state index is -0.889. The van der Waals surface area contributed by atoms with E-state index in [1.165, 1.54) is 12.2 Å². The first kappa shape index (κ1) is 37.2. The molecule has 0 aromatic heterocycles. The molecule has 2 atom stereocenters. The van der Waals surface area contributed by atoms with Gasteiger partial charge in [-0.2, -0.15) is 0 Å². The molecule has 0 aromatic carbocycles. The third-order valence-electron chi connectivity index (χ3n) is 5.74. The van der Waals surface area contributed by atoms with Crippen LogP contribution in [-0.2, 0) is 38.1 Å². The highest BCUT2D eigenvalue weighted by Crippen LogP contribution is 2.06. The summed E-state index contributed by atoms with van der Waals surface area (Å²) in [4.78, 5) is 76.0. The fourth-order valence-electron chi connectivity index (χ4n) is 3.40. The van der Waals surface area contributed by atoms with Crippen molar-refractivity contribution in [2.45, 2.75) is 64.5 Å². The number of carbonyl (C=O) groups is 4. The number of unbranched alkanes of at least 4 members (excludes halogenated alkanes) is 2. The maximum absolute atomic E-state index is 12.3. The molecule has 0 rings (SSSR count). The van der Waals surface area contributed by atoms with Crippen LogP contribution in [0.5, 0.6) is 0 Å². The summed E-state index contributed by atoms with van der Waals surface area (Å²) in [7, 11) is 3.71. The summed E-state index contributed by atoms with van der Waals surface area (Å²) >= 11 is 0. The zero-order chi connectivity index (χ0) is 30.9. The second kappa shape index (κ2) is 23.0. The highest BCUT2D eigenvalue weighted by Gasteiger charge is 2.25. The minimum absolute atomic E-state index is 0.0354. The summed E-state index contributed by atoms with van der Waals surface area (Å²) in [5.41, 5.74) is 0. The number of hydrogen-bond donors (Lipinski definition) is 2. The van der Waals surface area contributed by atoms with Gasteiger partial charge >= 0.3 is 24.1 Å². The fraction of sp³-hybridized carbons (Fsp3) is 0.769. The van der Waals surface area contributed by atoms with Gasteiger partial charge in [-0.1, -0.05) is 0 Å². The number of hydrogen-bond acceptors (Lipinski definition) is 12. The van der Waals surface area contributed by atoms with Crippen LogP contribution in [0, 0.1) is 0 Å². The van der Waals surface area contributed by atoms with Crippen LogP contribution < -0.4 is 10.6 Å². The van der Waals surface area contributed by atoms with Gasteiger partial charge in [0, 0.05) is 0 Å². The lowest BCUT2D eigenvalue weighted by Gasteiger charge is -2.29. The average Bonchev–Trinajstić information content (AvgIpc) is 2.91. The van der Waals surface area contributed by atoms with E-state index in [-0.39, 0.29) is 39.5 Å². The predicted molar refractivity (Wildman–Crippen MR) is 145 cm³/mol. The van der Waals surface area contributed by atoms with Gasteiger partial charge in [0.05, 0.1) is 40.4 Å². The predicted octanol–water partition coefficient (Wildman–Crippen LogP) is 1.39. The topological polar surface area (TPSA) is 188 Å². The van der Waals surface area contributed by atoms with E-state index in [1.807, 2.05) is 14.1 Å². The number of nitrogens with one attached hydrogen (secondary N) is 2. The SMILES string of the molecule is CCOC(=O)C(CCCCN=C=O)NC(=O)OCC[N+](C)(C)CCOC(=O)NC(CCCCN=C=O)C(=O)OCC. The van der Waals surface area contributed by atoms with Gasteiger partial charge in [-0.3, -0.25) is 0 Å². The molecular formula is C26H44N5O10+.